The number of methoxy groups -OCH3 is 1. The highest BCUT2D eigenvalue weighted by Crippen LogP contribution is 2.30. The summed E-state index contributed by atoms with van der Waals surface area (Å²) < 4.78 is 23.5. The Bertz CT molecular complexity index is 784. The van der Waals surface area contributed by atoms with E-state index in [2.05, 4.69) is 10.6 Å². The van der Waals surface area contributed by atoms with Crippen LogP contribution in [0.3, 0.4) is 0 Å². The Hall–Kier alpha value is -2.74. The van der Waals surface area contributed by atoms with E-state index in [4.69, 9.17) is 9.47 Å². The normalized spacial score (nSPS) is 10.2. The minimum Gasteiger partial charge on any atom is -0.493 e. The summed E-state index contributed by atoms with van der Waals surface area (Å²) in [5, 5.41) is 5.38. The average molecular weight is 392 g/mol. The number of carbonyl (C=O) groups is 2. The second kappa shape index (κ2) is 10.4. The van der Waals surface area contributed by atoms with Crippen molar-refractivity contribution in [2.75, 3.05) is 35.9 Å². The number of ether oxygens (including phenoxy) is 2. The van der Waals surface area contributed by atoms with E-state index in [-0.39, 0.29) is 29.1 Å². The zero-order valence-corrected chi connectivity index (χ0v) is 15.9. The lowest BCUT2D eigenvalue weighted by molar-refractivity contribution is -0.114. The van der Waals surface area contributed by atoms with E-state index >= 15 is 0 Å². The number of carbonyl (C=O) groups excluding carboxylic acids is 2. The molecule has 2 aromatic rings. The summed E-state index contributed by atoms with van der Waals surface area (Å²) in [4.78, 5) is 23.9. The first kappa shape index (κ1) is 20.6. The molecule has 144 valence electrons. The predicted octanol–water partition coefficient (Wildman–Crippen LogP) is 3.54. The van der Waals surface area contributed by atoms with Gasteiger partial charge in [-0.05, 0) is 43.3 Å². The fourth-order valence-electron chi connectivity index (χ4n) is 2.18. The third-order valence-electron chi connectivity index (χ3n) is 3.34. The van der Waals surface area contributed by atoms with Crippen molar-refractivity contribution in [1.82, 2.24) is 0 Å². The Morgan fingerprint density at radius 2 is 1.56 bits per heavy atom. The molecule has 0 fully saturated rings. The third-order valence-corrected chi connectivity index (χ3v) is 4.27. The molecule has 0 saturated carbocycles. The summed E-state index contributed by atoms with van der Waals surface area (Å²) in [7, 11) is 1.53. The first-order chi connectivity index (χ1) is 13.0. The van der Waals surface area contributed by atoms with Gasteiger partial charge in [0.2, 0.25) is 11.8 Å². The molecule has 2 rings (SSSR count). The van der Waals surface area contributed by atoms with Gasteiger partial charge in [-0.2, -0.15) is 0 Å². The summed E-state index contributed by atoms with van der Waals surface area (Å²) in [6.45, 7) is 2.39. The van der Waals surface area contributed by atoms with Crippen LogP contribution in [0.2, 0.25) is 0 Å². The second-order valence-electron chi connectivity index (χ2n) is 5.39. The molecule has 0 bridgehead atoms. The molecule has 2 N–H and O–H groups in total. The van der Waals surface area contributed by atoms with Crippen molar-refractivity contribution in [3.8, 4) is 11.5 Å². The maximum Gasteiger partial charge on any atom is 0.234 e. The van der Waals surface area contributed by atoms with Gasteiger partial charge in [0.05, 0.1) is 25.2 Å². The van der Waals surface area contributed by atoms with Gasteiger partial charge < -0.3 is 20.1 Å². The highest BCUT2D eigenvalue weighted by Gasteiger charge is 2.09. The van der Waals surface area contributed by atoms with E-state index in [1.54, 1.807) is 18.2 Å². The molecule has 0 heterocycles. The number of hydrogen-bond donors (Lipinski definition) is 2. The van der Waals surface area contributed by atoms with Crippen LogP contribution in [-0.2, 0) is 9.59 Å². The Morgan fingerprint density at radius 3 is 2.15 bits per heavy atom. The van der Waals surface area contributed by atoms with Gasteiger partial charge in [-0.15, -0.1) is 11.8 Å². The summed E-state index contributed by atoms with van der Waals surface area (Å²) in [5.41, 5.74) is 1.09. The SMILES string of the molecule is CCOc1ccc(NC(=O)CSCC(=O)Nc2ccc(F)cc2)cc1OC. The molecular weight excluding hydrogens is 371 g/mol. The Morgan fingerprint density at radius 1 is 0.963 bits per heavy atom. The van der Waals surface area contributed by atoms with Gasteiger partial charge >= 0.3 is 0 Å². The van der Waals surface area contributed by atoms with Gasteiger partial charge in [0.15, 0.2) is 11.5 Å². The monoisotopic (exact) mass is 392 g/mol. The van der Waals surface area contributed by atoms with Crippen LogP contribution in [0.4, 0.5) is 15.8 Å². The summed E-state index contributed by atoms with van der Waals surface area (Å²) in [6, 6.07) is 10.6. The molecule has 0 spiro atoms. The van der Waals surface area contributed by atoms with Crippen molar-refractivity contribution in [1.29, 1.82) is 0 Å². The van der Waals surface area contributed by atoms with Crippen LogP contribution in [0.25, 0.3) is 0 Å². The van der Waals surface area contributed by atoms with Crippen LogP contribution in [-0.4, -0.2) is 37.0 Å². The molecule has 0 radical (unpaired) electrons. The maximum atomic E-state index is 12.8. The maximum absolute atomic E-state index is 12.8. The predicted molar refractivity (Wildman–Crippen MR) is 105 cm³/mol. The van der Waals surface area contributed by atoms with Gasteiger partial charge in [0.25, 0.3) is 0 Å². The molecule has 0 aliphatic rings. The first-order valence-corrected chi connectivity index (χ1v) is 9.41. The summed E-state index contributed by atoms with van der Waals surface area (Å²) in [6.07, 6.45) is 0. The van der Waals surface area contributed by atoms with E-state index < -0.39 is 0 Å². The molecule has 27 heavy (non-hydrogen) atoms. The highest BCUT2D eigenvalue weighted by molar-refractivity contribution is 8.00. The van der Waals surface area contributed by atoms with Crippen molar-refractivity contribution in [2.45, 2.75) is 6.92 Å². The lowest BCUT2D eigenvalue weighted by Gasteiger charge is -2.11. The summed E-state index contributed by atoms with van der Waals surface area (Å²) in [5.74, 6) is 0.489. The van der Waals surface area contributed by atoms with E-state index in [1.807, 2.05) is 6.92 Å². The number of benzene rings is 2. The van der Waals surface area contributed by atoms with Crippen LogP contribution in [0, 0.1) is 5.82 Å². The first-order valence-electron chi connectivity index (χ1n) is 8.25. The minimum absolute atomic E-state index is 0.109. The number of amides is 2. The molecular formula is C19H21FN2O4S. The van der Waals surface area contributed by atoms with Crippen LogP contribution in [0.15, 0.2) is 42.5 Å². The smallest absolute Gasteiger partial charge is 0.234 e. The zero-order chi connectivity index (χ0) is 19.6. The fourth-order valence-corrected chi connectivity index (χ4v) is 2.80. The Kier molecular flexibility index (Phi) is 7.94. The van der Waals surface area contributed by atoms with Crippen molar-refractivity contribution in [2.24, 2.45) is 0 Å². The molecule has 0 aromatic heterocycles. The van der Waals surface area contributed by atoms with E-state index in [9.17, 15) is 14.0 Å². The van der Waals surface area contributed by atoms with Crippen LogP contribution < -0.4 is 20.1 Å². The molecule has 0 saturated heterocycles. The van der Waals surface area contributed by atoms with Crippen LogP contribution in [0.5, 0.6) is 11.5 Å². The van der Waals surface area contributed by atoms with Crippen LogP contribution >= 0.6 is 11.8 Å². The third kappa shape index (κ3) is 6.82. The van der Waals surface area contributed by atoms with Gasteiger partial charge in [-0.25, -0.2) is 4.39 Å². The van der Waals surface area contributed by atoms with Crippen molar-refractivity contribution < 1.29 is 23.5 Å². The second-order valence-corrected chi connectivity index (χ2v) is 6.38. The summed E-state index contributed by atoms with van der Waals surface area (Å²) >= 11 is 1.18. The molecule has 0 unspecified atom stereocenters. The number of thioether (sulfide) groups is 1. The van der Waals surface area contributed by atoms with Gasteiger partial charge in [0, 0.05) is 17.4 Å². The topological polar surface area (TPSA) is 76.7 Å². The largest absolute Gasteiger partial charge is 0.493 e. The fraction of sp³-hybridized carbons (Fsp3) is 0.263. The Balaban J connectivity index is 1.77. The molecule has 6 nitrogen and oxygen atoms in total. The number of anilines is 2. The number of halogens is 1. The number of hydrogen-bond acceptors (Lipinski definition) is 5. The van der Waals surface area contributed by atoms with Gasteiger partial charge in [0.1, 0.15) is 5.82 Å². The van der Waals surface area contributed by atoms with Crippen molar-refractivity contribution >= 4 is 35.0 Å². The molecule has 2 amide bonds. The van der Waals surface area contributed by atoms with E-state index in [0.29, 0.717) is 29.5 Å². The highest BCUT2D eigenvalue weighted by atomic mass is 32.2. The van der Waals surface area contributed by atoms with E-state index in [1.165, 1.54) is 43.1 Å². The van der Waals surface area contributed by atoms with Gasteiger partial charge in [-0.1, -0.05) is 0 Å². The van der Waals surface area contributed by atoms with Crippen LogP contribution in [0.1, 0.15) is 6.92 Å². The average Bonchev–Trinajstić information content (AvgIpc) is 2.65. The quantitative estimate of drug-likeness (QED) is 0.683. The molecule has 8 heteroatoms. The zero-order valence-electron chi connectivity index (χ0n) is 15.1. The lowest BCUT2D eigenvalue weighted by Crippen LogP contribution is -2.18. The van der Waals surface area contributed by atoms with Gasteiger partial charge in [-0.3, -0.25) is 9.59 Å². The molecule has 0 atom stereocenters. The standard InChI is InChI=1S/C19H21FN2O4S/c1-3-26-16-9-8-15(10-17(16)25-2)22-19(24)12-27-11-18(23)21-14-6-4-13(20)5-7-14/h4-10H,3,11-12H2,1-2H3,(H,21,23)(H,22,24). The molecule has 0 aliphatic heterocycles. The van der Waals surface area contributed by atoms with E-state index in [0.717, 1.165) is 0 Å². The Labute approximate surface area is 161 Å². The van der Waals surface area contributed by atoms with Crippen molar-refractivity contribution in [3.05, 3.63) is 48.3 Å². The van der Waals surface area contributed by atoms with Crippen molar-refractivity contribution in [3.63, 3.8) is 0 Å². The minimum atomic E-state index is -0.370. The molecule has 2 aromatic carbocycles. The number of nitrogens with one attached hydrogen (secondary N) is 2. The number of rotatable bonds is 9. The lowest BCUT2D eigenvalue weighted by atomic mass is 10.2. The molecule has 0 aliphatic carbocycles.